The molecule has 0 amide bonds. The Balaban J connectivity index is 0.00000481. The Morgan fingerprint density at radius 2 is 1.25 bits per heavy atom. The van der Waals surface area contributed by atoms with Crippen LogP contribution in [0.4, 0.5) is 0 Å². The van der Waals surface area contributed by atoms with Crippen molar-refractivity contribution in [2.75, 3.05) is 0 Å². The van der Waals surface area contributed by atoms with E-state index in [2.05, 4.69) is 57.8 Å². The van der Waals surface area contributed by atoms with E-state index in [0.717, 1.165) is 45.4 Å². The number of tetrazole rings is 1. The van der Waals surface area contributed by atoms with E-state index in [-0.39, 0.29) is 47.5 Å². The quantitative estimate of drug-likeness (QED) is 0.152. The molecule has 0 saturated heterocycles. The molecule has 5 aromatic carbocycles. The maximum absolute atomic E-state index is 12.4. The third kappa shape index (κ3) is 7.13. The molecular weight excluding hydrogens is 672 g/mol. The van der Waals surface area contributed by atoms with Gasteiger partial charge in [-0.1, -0.05) is 146 Å². The molecule has 7 rings (SSSR count). The minimum atomic E-state index is -1.44. The van der Waals surface area contributed by atoms with E-state index in [9.17, 15) is 15.0 Å². The number of benzene rings is 5. The fraction of sp³-hybridized carbons (Fsp3) is 0.186. The summed E-state index contributed by atoms with van der Waals surface area (Å²) in [5.41, 5.74) is 4.29. The van der Waals surface area contributed by atoms with Crippen LogP contribution in [0, 0.1) is 0 Å². The standard InChI is InChI=1S/C43H40N6O3.Na/c1-4-16-37-44-39(42(2,3)52)38(41(50)51)48(37)29-30-25-27-31(28-26-30)35-23-14-15-24-36(35)40-45-46-47-49(40)43(32-17-8-5-9-18-32,33-19-10-6-11-20-33)34-21-12-7-13-22-34;/h5-15,17-28,52H,4,16,29H2,1-3H3,(H,50,51);/q;+1/p-1. The van der Waals surface area contributed by atoms with Crippen molar-refractivity contribution in [3.05, 3.63) is 179 Å². The van der Waals surface area contributed by atoms with Gasteiger partial charge in [-0.2, -0.15) is 0 Å². The molecule has 2 aromatic heterocycles. The molecule has 0 spiro atoms. The second-order valence-corrected chi connectivity index (χ2v) is 13.4. The van der Waals surface area contributed by atoms with Crippen LogP contribution in [0.1, 0.15) is 71.5 Å². The molecule has 53 heavy (non-hydrogen) atoms. The van der Waals surface area contributed by atoms with Gasteiger partial charge in [0, 0.05) is 18.5 Å². The van der Waals surface area contributed by atoms with Gasteiger partial charge in [-0.05, 0) is 64.1 Å². The molecule has 0 unspecified atom stereocenters. The summed E-state index contributed by atoms with van der Waals surface area (Å²) in [6, 6.07) is 46.9. The van der Waals surface area contributed by atoms with Gasteiger partial charge in [0.15, 0.2) is 5.82 Å². The van der Waals surface area contributed by atoms with Crippen LogP contribution in [0.3, 0.4) is 0 Å². The van der Waals surface area contributed by atoms with E-state index in [0.29, 0.717) is 18.1 Å². The van der Waals surface area contributed by atoms with E-state index in [1.807, 2.05) is 109 Å². The number of carbonyl (C=O) groups excluding carboxylic acids is 1. The van der Waals surface area contributed by atoms with Crippen LogP contribution >= 0.6 is 0 Å². The van der Waals surface area contributed by atoms with Gasteiger partial charge in [0.25, 0.3) is 0 Å². The van der Waals surface area contributed by atoms with Crippen LogP contribution in [0.2, 0.25) is 0 Å². The fourth-order valence-electron chi connectivity index (χ4n) is 7.11. The summed E-state index contributed by atoms with van der Waals surface area (Å²) in [6.45, 7) is 5.34. The van der Waals surface area contributed by atoms with Gasteiger partial charge in [-0.15, -0.1) is 5.10 Å². The first-order chi connectivity index (χ1) is 25.2. The number of aromatic carboxylic acids is 1. The van der Waals surface area contributed by atoms with Gasteiger partial charge >= 0.3 is 29.6 Å². The molecule has 0 saturated carbocycles. The molecule has 260 valence electrons. The summed E-state index contributed by atoms with van der Waals surface area (Å²) in [6.07, 6.45) is 1.33. The normalized spacial score (nSPS) is 11.6. The maximum Gasteiger partial charge on any atom is 1.00 e. The Hall–Kier alpha value is -5.19. The van der Waals surface area contributed by atoms with Gasteiger partial charge in [0.2, 0.25) is 0 Å². The fourth-order valence-corrected chi connectivity index (χ4v) is 7.11. The number of rotatable bonds is 12. The van der Waals surface area contributed by atoms with Crippen molar-refractivity contribution >= 4 is 5.97 Å². The molecule has 0 aliphatic heterocycles. The van der Waals surface area contributed by atoms with E-state index in [1.54, 1.807) is 4.57 Å². The number of aryl methyl sites for hydroxylation is 1. The average molecular weight is 711 g/mol. The first-order valence-electron chi connectivity index (χ1n) is 17.4. The van der Waals surface area contributed by atoms with Gasteiger partial charge in [0.05, 0.1) is 17.4 Å². The minimum absolute atomic E-state index is 0. The van der Waals surface area contributed by atoms with Crippen molar-refractivity contribution < 1.29 is 44.6 Å². The first kappa shape index (κ1) is 37.6. The van der Waals surface area contributed by atoms with Gasteiger partial charge in [0.1, 0.15) is 17.0 Å². The monoisotopic (exact) mass is 710 g/mol. The molecule has 0 fully saturated rings. The summed E-state index contributed by atoms with van der Waals surface area (Å²) < 4.78 is 3.58. The number of aromatic nitrogens is 6. The topological polar surface area (TPSA) is 122 Å². The molecule has 9 nitrogen and oxygen atoms in total. The summed E-state index contributed by atoms with van der Waals surface area (Å²) in [4.78, 5) is 16.9. The largest absolute Gasteiger partial charge is 1.00 e. The Labute approximate surface area is 331 Å². The van der Waals surface area contributed by atoms with E-state index >= 15 is 0 Å². The van der Waals surface area contributed by atoms with Gasteiger partial charge in [-0.3, -0.25) is 0 Å². The zero-order valence-electron chi connectivity index (χ0n) is 30.3. The Bertz CT molecular complexity index is 2200. The number of carbonyl (C=O) groups is 1. The van der Waals surface area contributed by atoms with Crippen LogP contribution in [0.25, 0.3) is 22.5 Å². The third-order valence-corrected chi connectivity index (χ3v) is 9.43. The van der Waals surface area contributed by atoms with Gasteiger partial charge in [-0.25, -0.2) is 9.67 Å². The van der Waals surface area contributed by atoms with Crippen molar-refractivity contribution in [3.63, 3.8) is 0 Å². The molecule has 1 N–H and O–H groups in total. The number of aliphatic hydroxyl groups is 1. The predicted octanol–water partition coefficient (Wildman–Crippen LogP) is 3.64. The van der Waals surface area contributed by atoms with Gasteiger partial charge < -0.3 is 19.6 Å². The first-order valence-corrected chi connectivity index (χ1v) is 17.4. The second kappa shape index (κ2) is 15.8. The minimum Gasteiger partial charge on any atom is -0.543 e. The number of imidazole rings is 1. The molecule has 0 aliphatic carbocycles. The maximum atomic E-state index is 12.4. The molecule has 0 aliphatic rings. The molecule has 10 heteroatoms. The Kier molecular flexibility index (Phi) is 11.2. The summed E-state index contributed by atoms with van der Waals surface area (Å²) >= 11 is 0. The van der Waals surface area contributed by atoms with Crippen LogP contribution in [-0.4, -0.2) is 40.8 Å². The second-order valence-electron chi connectivity index (χ2n) is 13.4. The smallest absolute Gasteiger partial charge is 0.543 e. The molecular formula is C43H39N6NaO3. The number of carboxylic acids is 1. The van der Waals surface area contributed by atoms with Crippen molar-refractivity contribution in [2.45, 2.75) is 51.3 Å². The van der Waals surface area contributed by atoms with Crippen molar-refractivity contribution in [1.29, 1.82) is 0 Å². The van der Waals surface area contributed by atoms with Crippen molar-refractivity contribution in [1.82, 2.24) is 29.8 Å². The zero-order valence-corrected chi connectivity index (χ0v) is 32.3. The Morgan fingerprint density at radius 3 is 1.74 bits per heavy atom. The van der Waals surface area contributed by atoms with Crippen LogP contribution in [-0.2, 0) is 24.1 Å². The summed E-state index contributed by atoms with van der Waals surface area (Å²) in [7, 11) is 0. The SMILES string of the molecule is CCCc1nc(C(C)(C)O)c(C(=O)[O-])n1Cc1ccc(-c2ccccc2-c2nnnn2C(c2ccccc2)(c2ccccc2)c2ccccc2)cc1.[Na+]. The van der Waals surface area contributed by atoms with E-state index < -0.39 is 17.1 Å². The summed E-state index contributed by atoms with van der Waals surface area (Å²) in [5, 5.41) is 36.8. The van der Waals surface area contributed by atoms with Crippen LogP contribution < -0.4 is 34.7 Å². The number of hydrogen-bond acceptors (Lipinski definition) is 7. The summed E-state index contributed by atoms with van der Waals surface area (Å²) in [5.74, 6) is -0.178. The number of nitrogens with zero attached hydrogens (tertiary/aromatic N) is 6. The Morgan fingerprint density at radius 1 is 0.736 bits per heavy atom. The molecule has 2 heterocycles. The zero-order chi connectivity index (χ0) is 36.3. The van der Waals surface area contributed by atoms with E-state index in [1.165, 1.54) is 13.8 Å². The third-order valence-electron chi connectivity index (χ3n) is 9.43. The predicted molar refractivity (Wildman–Crippen MR) is 198 cm³/mol. The molecule has 0 radical (unpaired) electrons. The van der Waals surface area contributed by atoms with Crippen molar-refractivity contribution in [2.24, 2.45) is 0 Å². The van der Waals surface area contributed by atoms with Crippen LogP contribution in [0.5, 0.6) is 0 Å². The number of hydrogen-bond donors (Lipinski definition) is 1. The van der Waals surface area contributed by atoms with Crippen molar-refractivity contribution in [3.8, 4) is 22.5 Å². The van der Waals surface area contributed by atoms with E-state index in [4.69, 9.17) is 5.21 Å². The molecule has 0 atom stereocenters. The van der Waals surface area contributed by atoms with Crippen LogP contribution in [0.15, 0.2) is 140 Å². The molecule has 7 aromatic rings. The number of carboxylic acid groups (broad SMARTS) is 1. The average Bonchev–Trinajstić information content (AvgIpc) is 3.80. The molecule has 0 bridgehead atoms.